The van der Waals surface area contributed by atoms with Gasteiger partial charge < -0.3 is 4.90 Å². The van der Waals surface area contributed by atoms with Crippen LogP contribution < -0.4 is 4.90 Å². The summed E-state index contributed by atoms with van der Waals surface area (Å²) in [5.74, 6) is 0.375. The molecule has 1 aromatic carbocycles. The van der Waals surface area contributed by atoms with Crippen LogP contribution in [0, 0.1) is 0 Å². The topological polar surface area (TPSA) is 20.3 Å². The Balaban J connectivity index is 1.92. The maximum absolute atomic E-state index is 12.1. The second-order valence-electron chi connectivity index (χ2n) is 8.61. The Labute approximate surface area is 180 Å². The lowest BCUT2D eigenvalue weighted by Gasteiger charge is -2.12. The molecule has 0 atom stereocenters. The first kappa shape index (κ1) is 25.5. The van der Waals surface area contributed by atoms with Gasteiger partial charge in [-0.1, -0.05) is 82.6 Å². The van der Waals surface area contributed by atoms with E-state index in [1.54, 1.807) is 0 Å². The molecule has 0 saturated heterocycles. The van der Waals surface area contributed by atoms with Crippen LogP contribution in [0.2, 0.25) is 0 Å². The van der Waals surface area contributed by atoms with Gasteiger partial charge in [0.1, 0.15) is 5.78 Å². The molecule has 0 spiro atoms. The van der Waals surface area contributed by atoms with Crippen LogP contribution in [-0.4, -0.2) is 19.9 Å². The first-order valence-corrected chi connectivity index (χ1v) is 12.1. The molecule has 1 aromatic rings. The van der Waals surface area contributed by atoms with Gasteiger partial charge in [-0.25, -0.2) is 0 Å². The molecule has 0 bridgehead atoms. The van der Waals surface area contributed by atoms with Crippen molar-refractivity contribution in [2.24, 2.45) is 0 Å². The number of hydrogen-bond donors (Lipinski definition) is 0. The van der Waals surface area contributed by atoms with Crippen LogP contribution in [0.5, 0.6) is 0 Å². The Kier molecular flexibility index (Phi) is 15.2. The van der Waals surface area contributed by atoms with Crippen molar-refractivity contribution in [1.82, 2.24) is 0 Å². The number of nitrogens with zero attached hydrogens (tertiary/aromatic N) is 1. The lowest BCUT2D eigenvalue weighted by molar-refractivity contribution is -0.118. The van der Waals surface area contributed by atoms with Crippen LogP contribution in [0.4, 0.5) is 5.69 Å². The summed E-state index contributed by atoms with van der Waals surface area (Å²) in [7, 11) is 4.07. The highest BCUT2D eigenvalue weighted by molar-refractivity contribution is 5.80. The predicted octanol–water partition coefficient (Wildman–Crippen LogP) is 7.90. The molecule has 1 rings (SSSR count). The molecule has 29 heavy (non-hydrogen) atoms. The van der Waals surface area contributed by atoms with Crippen molar-refractivity contribution in [3.8, 4) is 0 Å². The summed E-state index contributed by atoms with van der Waals surface area (Å²) in [5.41, 5.74) is 2.31. The van der Waals surface area contributed by atoms with E-state index in [0.29, 0.717) is 12.2 Å². The molecule has 0 aliphatic rings. The molecule has 0 amide bonds. The Morgan fingerprint density at radius 2 is 1.28 bits per heavy atom. The number of carbonyl (C=O) groups excluding carboxylic acids is 1. The zero-order valence-corrected chi connectivity index (χ0v) is 19.4. The summed E-state index contributed by atoms with van der Waals surface area (Å²) < 4.78 is 0. The smallest absolute Gasteiger partial charge is 0.137 e. The van der Waals surface area contributed by atoms with E-state index >= 15 is 0 Å². The van der Waals surface area contributed by atoms with E-state index in [4.69, 9.17) is 0 Å². The maximum Gasteiger partial charge on any atom is 0.137 e. The van der Waals surface area contributed by atoms with Crippen LogP contribution in [0.1, 0.15) is 102 Å². The molecule has 0 aromatic heterocycles. The zero-order valence-electron chi connectivity index (χ0n) is 19.4. The van der Waals surface area contributed by atoms with Crippen LogP contribution >= 0.6 is 0 Å². The highest BCUT2D eigenvalue weighted by Crippen LogP contribution is 2.14. The molecule has 0 aliphatic carbocycles. The lowest BCUT2D eigenvalue weighted by atomic mass is 10.0. The van der Waals surface area contributed by atoms with Crippen molar-refractivity contribution in [3.05, 3.63) is 42.0 Å². The number of benzene rings is 1. The zero-order chi connectivity index (χ0) is 21.2. The number of ketones is 1. The highest BCUT2D eigenvalue weighted by Gasteiger charge is 2.04. The second-order valence-corrected chi connectivity index (χ2v) is 8.61. The summed E-state index contributed by atoms with van der Waals surface area (Å²) in [6, 6.07) is 8.33. The third-order valence-electron chi connectivity index (χ3n) is 5.57. The van der Waals surface area contributed by atoms with Gasteiger partial charge in [0.25, 0.3) is 0 Å². The van der Waals surface area contributed by atoms with E-state index in [9.17, 15) is 4.79 Å². The van der Waals surface area contributed by atoms with Crippen molar-refractivity contribution in [3.63, 3.8) is 0 Å². The summed E-state index contributed by atoms with van der Waals surface area (Å²) in [6.07, 6.45) is 22.9. The van der Waals surface area contributed by atoms with Crippen molar-refractivity contribution >= 4 is 11.5 Å². The fourth-order valence-electron chi connectivity index (χ4n) is 3.62. The average molecular weight is 400 g/mol. The molecule has 2 nitrogen and oxygen atoms in total. The molecular weight excluding hydrogens is 354 g/mol. The highest BCUT2D eigenvalue weighted by atomic mass is 16.1. The fraction of sp³-hybridized carbons (Fsp3) is 0.667. The SMILES string of the molecule is CCCCCCCC/C=C\CCCCCCCC(=O)Cc1ccc(N(C)C)cc1. The number of Topliss-reactive ketones (excluding diaryl/α,β-unsaturated/α-hetero) is 1. The van der Waals surface area contributed by atoms with Crippen LogP contribution in [0.15, 0.2) is 36.4 Å². The van der Waals surface area contributed by atoms with Gasteiger partial charge in [0.05, 0.1) is 0 Å². The number of carbonyl (C=O) groups is 1. The summed E-state index contributed by atoms with van der Waals surface area (Å²) in [6.45, 7) is 2.27. The van der Waals surface area contributed by atoms with Gasteiger partial charge in [-0.2, -0.15) is 0 Å². The number of rotatable bonds is 18. The van der Waals surface area contributed by atoms with Crippen LogP contribution in [0.3, 0.4) is 0 Å². The lowest BCUT2D eigenvalue weighted by Crippen LogP contribution is -2.08. The number of anilines is 1. The first-order chi connectivity index (χ1) is 14.1. The number of hydrogen-bond acceptors (Lipinski definition) is 2. The largest absolute Gasteiger partial charge is 0.378 e. The first-order valence-electron chi connectivity index (χ1n) is 12.1. The van der Waals surface area contributed by atoms with Gasteiger partial charge in [-0.15, -0.1) is 0 Å². The van der Waals surface area contributed by atoms with Crippen molar-refractivity contribution in [2.75, 3.05) is 19.0 Å². The molecule has 0 fully saturated rings. The van der Waals surface area contributed by atoms with Gasteiger partial charge in [-0.3, -0.25) is 4.79 Å². The molecule has 0 aliphatic heterocycles. The maximum atomic E-state index is 12.1. The Morgan fingerprint density at radius 1 is 0.759 bits per heavy atom. The van der Waals surface area contributed by atoms with Crippen LogP contribution in [-0.2, 0) is 11.2 Å². The van der Waals surface area contributed by atoms with Crippen molar-refractivity contribution in [2.45, 2.75) is 103 Å². The van der Waals surface area contributed by atoms with E-state index in [0.717, 1.165) is 18.4 Å². The van der Waals surface area contributed by atoms with E-state index in [1.807, 2.05) is 14.1 Å². The Bertz CT molecular complexity index is 544. The third kappa shape index (κ3) is 14.1. The summed E-state index contributed by atoms with van der Waals surface area (Å²) in [4.78, 5) is 14.2. The van der Waals surface area contributed by atoms with E-state index < -0.39 is 0 Å². The Hall–Kier alpha value is -1.57. The number of unbranched alkanes of at least 4 members (excludes halogenated alkanes) is 11. The molecule has 0 unspecified atom stereocenters. The molecule has 0 saturated carbocycles. The van der Waals surface area contributed by atoms with Gasteiger partial charge in [0.2, 0.25) is 0 Å². The monoisotopic (exact) mass is 399 g/mol. The third-order valence-corrected chi connectivity index (χ3v) is 5.57. The van der Waals surface area contributed by atoms with Gasteiger partial charge in [0, 0.05) is 32.6 Å². The molecule has 0 N–H and O–H groups in total. The number of allylic oxidation sites excluding steroid dienone is 2. The molecule has 164 valence electrons. The molecular formula is C27H45NO. The van der Waals surface area contributed by atoms with Crippen LogP contribution in [0.25, 0.3) is 0 Å². The summed E-state index contributed by atoms with van der Waals surface area (Å²) >= 11 is 0. The minimum absolute atomic E-state index is 0.375. The second kappa shape index (κ2) is 17.3. The van der Waals surface area contributed by atoms with Crippen molar-refractivity contribution in [1.29, 1.82) is 0 Å². The van der Waals surface area contributed by atoms with E-state index in [1.165, 1.54) is 82.7 Å². The molecule has 2 heteroatoms. The van der Waals surface area contributed by atoms with E-state index in [-0.39, 0.29) is 0 Å². The summed E-state index contributed by atoms with van der Waals surface area (Å²) in [5, 5.41) is 0. The van der Waals surface area contributed by atoms with Gasteiger partial charge in [-0.05, 0) is 49.8 Å². The van der Waals surface area contributed by atoms with Gasteiger partial charge >= 0.3 is 0 Å². The Morgan fingerprint density at radius 3 is 1.83 bits per heavy atom. The molecule has 0 heterocycles. The molecule has 0 radical (unpaired) electrons. The minimum atomic E-state index is 0.375. The average Bonchev–Trinajstić information content (AvgIpc) is 2.71. The minimum Gasteiger partial charge on any atom is -0.378 e. The quantitative estimate of drug-likeness (QED) is 0.185. The fourth-order valence-corrected chi connectivity index (χ4v) is 3.62. The standard InChI is InChI=1S/C27H45NO/c1-4-5-6-7-8-9-10-11-12-13-14-15-16-17-18-19-27(29)24-25-20-22-26(23-21-25)28(2)3/h11-12,20-23H,4-10,13-19,24H2,1-3H3/b12-11-. The van der Waals surface area contributed by atoms with E-state index in [2.05, 4.69) is 48.2 Å². The van der Waals surface area contributed by atoms with Crippen molar-refractivity contribution < 1.29 is 4.79 Å². The normalized spacial score (nSPS) is 11.3. The van der Waals surface area contributed by atoms with Gasteiger partial charge in [0.15, 0.2) is 0 Å². The predicted molar refractivity (Wildman–Crippen MR) is 129 cm³/mol.